The van der Waals surface area contributed by atoms with Crippen LogP contribution in [-0.4, -0.2) is 31.4 Å². The molecule has 1 aromatic carbocycles. The number of nitrogen functional groups attached to an aromatic ring is 1. The lowest BCUT2D eigenvalue weighted by molar-refractivity contribution is -0.0444. The smallest absolute Gasteiger partial charge is 0.338 e. The third kappa shape index (κ3) is 3.42. The predicted molar refractivity (Wildman–Crippen MR) is 75.9 cm³/mol. The van der Waals surface area contributed by atoms with Gasteiger partial charge in [0.15, 0.2) is 0 Å². The van der Waals surface area contributed by atoms with E-state index in [2.05, 4.69) is 0 Å². The van der Waals surface area contributed by atoms with Gasteiger partial charge in [0.25, 0.3) is 0 Å². The number of hydrogen-bond acceptors (Lipinski definition) is 5. The summed E-state index contributed by atoms with van der Waals surface area (Å²) >= 11 is 0. The number of esters is 1. The minimum atomic E-state index is -0.396. The van der Waals surface area contributed by atoms with Crippen LogP contribution in [0.4, 0.5) is 5.69 Å². The van der Waals surface area contributed by atoms with Crippen LogP contribution in [0.3, 0.4) is 0 Å². The number of ether oxygens (including phenoxy) is 3. The Bertz CT molecular complexity index is 499. The molecule has 0 radical (unpaired) electrons. The summed E-state index contributed by atoms with van der Waals surface area (Å²) in [5.41, 5.74) is 6.48. The average Bonchev–Trinajstić information content (AvgIpc) is 2.75. The van der Waals surface area contributed by atoms with Crippen molar-refractivity contribution in [3.63, 3.8) is 0 Å². The minimum absolute atomic E-state index is 0.0236. The number of rotatable bonds is 4. The predicted octanol–water partition coefficient (Wildman–Crippen LogP) is 2.39. The lowest BCUT2D eigenvalue weighted by atomic mass is 10.1. The maximum atomic E-state index is 11.9. The van der Waals surface area contributed by atoms with Crippen LogP contribution < -0.4 is 10.5 Å². The van der Waals surface area contributed by atoms with Crippen molar-refractivity contribution in [3.8, 4) is 5.75 Å². The molecule has 1 atom stereocenters. The molecule has 2 N–H and O–H groups in total. The Balaban J connectivity index is 1.91. The zero-order valence-electron chi connectivity index (χ0n) is 12.1. The van der Waals surface area contributed by atoms with Gasteiger partial charge in [-0.2, -0.15) is 0 Å². The van der Waals surface area contributed by atoms with Gasteiger partial charge in [-0.1, -0.05) is 0 Å². The molecule has 1 aromatic rings. The summed E-state index contributed by atoms with van der Waals surface area (Å²) in [6.07, 6.45) is 1.86. The van der Waals surface area contributed by atoms with E-state index < -0.39 is 5.97 Å². The van der Waals surface area contributed by atoms with Crippen LogP contribution in [-0.2, 0) is 9.47 Å². The quantitative estimate of drug-likeness (QED) is 0.677. The maximum absolute atomic E-state index is 11.9. The molecule has 1 fully saturated rings. The van der Waals surface area contributed by atoms with E-state index in [4.69, 9.17) is 19.9 Å². The average molecular weight is 279 g/mol. The molecule has 0 aromatic heterocycles. The Labute approximate surface area is 119 Å². The lowest BCUT2D eigenvalue weighted by Crippen LogP contribution is -2.24. The summed E-state index contributed by atoms with van der Waals surface area (Å²) < 4.78 is 16.1. The fraction of sp³-hybridized carbons (Fsp3) is 0.533. The molecule has 1 heterocycles. The van der Waals surface area contributed by atoms with Crippen molar-refractivity contribution in [2.45, 2.75) is 38.4 Å². The largest absolute Gasteiger partial charge is 0.495 e. The molecule has 0 aliphatic carbocycles. The summed E-state index contributed by atoms with van der Waals surface area (Å²) in [7, 11) is 1.53. The fourth-order valence-corrected chi connectivity index (χ4v) is 2.31. The van der Waals surface area contributed by atoms with E-state index in [-0.39, 0.29) is 18.3 Å². The zero-order valence-corrected chi connectivity index (χ0v) is 12.1. The molecule has 2 rings (SSSR count). The standard InChI is InChI=1S/C15H21NO4/c1-15(2)7-6-11(20-15)9-19-14(17)10-4-5-13(18-3)12(16)8-10/h4-5,8,11H,6-7,9,16H2,1-3H3. The van der Waals surface area contributed by atoms with Gasteiger partial charge in [-0.15, -0.1) is 0 Å². The first-order chi connectivity index (χ1) is 9.41. The van der Waals surface area contributed by atoms with E-state index in [0.29, 0.717) is 17.0 Å². The van der Waals surface area contributed by atoms with E-state index in [0.717, 1.165) is 12.8 Å². The van der Waals surface area contributed by atoms with Crippen molar-refractivity contribution in [2.75, 3.05) is 19.5 Å². The fourth-order valence-electron chi connectivity index (χ4n) is 2.31. The van der Waals surface area contributed by atoms with E-state index in [1.54, 1.807) is 18.2 Å². The van der Waals surface area contributed by atoms with Gasteiger partial charge < -0.3 is 19.9 Å². The van der Waals surface area contributed by atoms with Gasteiger partial charge in [0, 0.05) is 0 Å². The second kappa shape index (κ2) is 5.71. The van der Waals surface area contributed by atoms with Crippen LogP contribution in [0.25, 0.3) is 0 Å². The van der Waals surface area contributed by atoms with Gasteiger partial charge in [-0.3, -0.25) is 0 Å². The van der Waals surface area contributed by atoms with Crippen LogP contribution in [0.2, 0.25) is 0 Å². The van der Waals surface area contributed by atoms with E-state index >= 15 is 0 Å². The van der Waals surface area contributed by atoms with Crippen molar-refractivity contribution in [1.29, 1.82) is 0 Å². The number of benzene rings is 1. The van der Waals surface area contributed by atoms with Gasteiger partial charge in [0.2, 0.25) is 0 Å². The molecule has 0 amide bonds. The van der Waals surface area contributed by atoms with E-state index in [1.165, 1.54) is 7.11 Å². The topological polar surface area (TPSA) is 70.8 Å². The van der Waals surface area contributed by atoms with Crippen LogP contribution >= 0.6 is 0 Å². The second-order valence-corrected chi connectivity index (χ2v) is 5.59. The Morgan fingerprint density at radius 1 is 1.50 bits per heavy atom. The first kappa shape index (κ1) is 14.7. The highest BCUT2D eigenvalue weighted by Gasteiger charge is 2.32. The van der Waals surface area contributed by atoms with Crippen molar-refractivity contribution in [3.05, 3.63) is 23.8 Å². The molecule has 20 heavy (non-hydrogen) atoms. The summed E-state index contributed by atoms with van der Waals surface area (Å²) in [5, 5.41) is 0. The van der Waals surface area contributed by atoms with Gasteiger partial charge >= 0.3 is 5.97 Å². The first-order valence-corrected chi connectivity index (χ1v) is 6.70. The van der Waals surface area contributed by atoms with Crippen LogP contribution in [0.15, 0.2) is 18.2 Å². The Kier molecular flexibility index (Phi) is 4.18. The third-order valence-corrected chi connectivity index (χ3v) is 3.42. The van der Waals surface area contributed by atoms with Crippen LogP contribution in [0, 0.1) is 0 Å². The van der Waals surface area contributed by atoms with Crippen molar-refractivity contribution < 1.29 is 19.0 Å². The molecule has 0 saturated carbocycles. The van der Waals surface area contributed by atoms with Crippen molar-refractivity contribution >= 4 is 11.7 Å². The Hall–Kier alpha value is -1.75. The molecule has 110 valence electrons. The maximum Gasteiger partial charge on any atom is 0.338 e. The number of hydrogen-bond donors (Lipinski definition) is 1. The molecule has 5 heteroatoms. The summed E-state index contributed by atoms with van der Waals surface area (Å²) in [6, 6.07) is 4.85. The number of carbonyl (C=O) groups is 1. The highest BCUT2D eigenvalue weighted by Crippen LogP contribution is 2.29. The Morgan fingerprint density at radius 2 is 2.25 bits per heavy atom. The molecule has 1 saturated heterocycles. The SMILES string of the molecule is COc1ccc(C(=O)OCC2CCC(C)(C)O2)cc1N. The molecule has 0 bridgehead atoms. The highest BCUT2D eigenvalue weighted by molar-refractivity contribution is 5.91. The molecule has 1 aliphatic heterocycles. The molecular weight excluding hydrogens is 258 g/mol. The van der Waals surface area contributed by atoms with Gasteiger partial charge in [-0.25, -0.2) is 4.79 Å². The summed E-state index contributed by atoms with van der Waals surface area (Å²) in [5.74, 6) is 0.148. The molecule has 0 spiro atoms. The van der Waals surface area contributed by atoms with Crippen molar-refractivity contribution in [2.24, 2.45) is 0 Å². The Morgan fingerprint density at radius 3 is 2.80 bits per heavy atom. The van der Waals surface area contributed by atoms with E-state index in [1.807, 2.05) is 13.8 Å². The number of nitrogens with two attached hydrogens (primary N) is 1. The van der Waals surface area contributed by atoms with Gasteiger partial charge in [-0.05, 0) is 44.9 Å². The molecule has 1 unspecified atom stereocenters. The normalized spacial score (nSPS) is 20.6. The monoisotopic (exact) mass is 279 g/mol. The molecular formula is C15H21NO4. The number of methoxy groups -OCH3 is 1. The second-order valence-electron chi connectivity index (χ2n) is 5.59. The van der Waals surface area contributed by atoms with Crippen LogP contribution in [0.1, 0.15) is 37.0 Å². The lowest BCUT2D eigenvalue weighted by Gasteiger charge is -2.19. The number of carbonyl (C=O) groups excluding carboxylic acids is 1. The number of anilines is 1. The molecule has 1 aliphatic rings. The summed E-state index contributed by atoms with van der Waals surface area (Å²) in [6.45, 7) is 4.35. The molecule has 5 nitrogen and oxygen atoms in total. The zero-order chi connectivity index (χ0) is 14.8. The van der Waals surface area contributed by atoms with E-state index in [9.17, 15) is 4.79 Å². The van der Waals surface area contributed by atoms with Crippen molar-refractivity contribution in [1.82, 2.24) is 0 Å². The highest BCUT2D eigenvalue weighted by atomic mass is 16.6. The van der Waals surface area contributed by atoms with Gasteiger partial charge in [0.1, 0.15) is 12.4 Å². The third-order valence-electron chi connectivity index (χ3n) is 3.42. The summed E-state index contributed by atoms with van der Waals surface area (Å²) in [4.78, 5) is 11.9. The van der Waals surface area contributed by atoms with Crippen LogP contribution in [0.5, 0.6) is 5.75 Å². The van der Waals surface area contributed by atoms with Gasteiger partial charge in [0.05, 0.1) is 30.1 Å². The minimum Gasteiger partial charge on any atom is -0.495 e. The first-order valence-electron chi connectivity index (χ1n) is 6.70.